The molecule has 6 heteroatoms. The van der Waals surface area contributed by atoms with Crippen molar-refractivity contribution in [1.82, 2.24) is 14.5 Å². The molecule has 0 aliphatic heterocycles. The zero-order valence-electron chi connectivity index (χ0n) is 15.7. The van der Waals surface area contributed by atoms with Gasteiger partial charge in [-0.1, -0.05) is 45.4 Å². The number of anilines is 1. The van der Waals surface area contributed by atoms with Crippen molar-refractivity contribution >= 4 is 34.2 Å². The van der Waals surface area contributed by atoms with Crippen LogP contribution < -0.4 is 5.73 Å². The fourth-order valence-corrected chi connectivity index (χ4v) is 3.33. The number of nitrogen functional groups attached to an aromatic ring is 1. The Morgan fingerprint density at radius 1 is 1.27 bits per heavy atom. The molecule has 0 saturated carbocycles. The molecule has 138 valence electrons. The summed E-state index contributed by atoms with van der Waals surface area (Å²) in [6, 6.07) is 7.99. The van der Waals surface area contributed by atoms with Gasteiger partial charge in [0.05, 0.1) is 17.6 Å². The number of unbranched alkanes of at least 4 members (excludes halogenated alkanes) is 1. The first-order chi connectivity index (χ1) is 12.5. The number of hydrogen-bond donors (Lipinski definition) is 1. The van der Waals surface area contributed by atoms with Crippen LogP contribution in [0.5, 0.6) is 0 Å². The number of benzene rings is 1. The maximum atomic E-state index is 10.6. The molecule has 6 nitrogen and oxygen atoms in total. The van der Waals surface area contributed by atoms with Crippen LogP contribution >= 0.6 is 0 Å². The van der Waals surface area contributed by atoms with Gasteiger partial charge in [0, 0.05) is 23.8 Å². The number of aryl methyl sites for hydroxylation is 1. The van der Waals surface area contributed by atoms with E-state index in [-0.39, 0.29) is 5.41 Å². The summed E-state index contributed by atoms with van der Waals surface area (Å²) in [5.74, 6) is 1.46. The molecule has 0 aliphatic carbocycles. The van der Waals surface area contributed by atoms with Crippen LogP contribution in [0.25, 0.3) is 21.9 Å². The molecule has 0 radical (unpaired) electrons. The maximum Gasteiger partial charge on any atom is 0.293 e. The molecule has 0 bridgehead atoms. The zero-order chi connectivity index (χ0) is 18.7. The van der Waals surface area contributed by atoms with Gasteiger partial charge in [-0.05, 0) is 12.5 Å². The molecule has 26 heavy (non-hydrogen) atoms. The van der Waals surface area contributed by atoms with E-state index in [4.69, 9.17) is 15.5 Å². The highest BCUT2D eigenvalue weighted by molar-refractivity contribution is 6.06. The minimum atomic E-state index is -0.228. The van der Waals surface area contributed by atoms with Crippen LogP contribution in [0.2, 0.25) is 0 Å². The average Bonchev–Trinajstić information content (AvgIpc) is 2.97. The summed E-state index contributed by atoms with van der Waals surface area (Å²) in [5, 5.41) is 1.04. The number of pyridine rings is 1. The van der Waals surface area contributed by atoms with Gasteiger partial charge in [0.1, 0.15) is 11.3 Å². The van der Waals surface area contributed by atoms with Crippen molar-refractivity contribution in [3.63, 3.8) is 0 Å². The lowest BCUT2D eigenvalue weighted by Crippen LogP contribution is -2.26. The molecule has 0 amide bonds. The fraction of sp³-hybridized carbons (Fsp3) is 0.450. The van der Waals surface area contributed by atoms with Gasteiger partial charge in [0.15, 0.2) is 5.82 Å². The Bertz CT molecular complexity index is 930. The average molecular weight is 354 g/mol. The number of carbonyl (C=O) groups is 1. The lowest BCUT2D eigenvalue weighted by atomic mass is 9.94. The summed E-state index contributed by atoms with van der Waals surface area (Å²) in [7, 11) is 0. The molecule has 2 N–H and O–H groups in total. The summed E-state index contributed by atoms with van der Waals surface area (Å²) < 4.78 is 7.28. The zero-order valence-corrected chi connectivity index (χ0v) is 15.7. The van der Waals surface area contributed by atoms with E-state index in [0.717, 1.165) is 47.0 Å². The van der Waals surface area contributed by atoms with E-state index >= 15 is 0 Å². The number of hydrogen-bond acceptors (Lipinski definition) is 5. The summed E-state index contributed by atoms with van der Waals surface area (Å²) in [6.07, 6.45) is 3.03. The number of fused-ring (bicyclic) bond motifs is 3. The molecule has 0 saturated heterocycles. The van der Waals surface area contributed by atoms with Crippen LogP contribution in [-0.2, 0) is 22.5 Å². The highest BCUT2D eigenvalue weighted by Crippen LogP contribution is 2.31. The van der Waals surface area contributed by atoms with E-state index in [9.17, 15) is 4.79 Å². The van der Waals surface area contributed by atoms with Gasteiger partial charge in [-0.25, -0.2) is 9.97 Å². The van der Waals surface area contributed by atoms with Crippen LogP contribution in [0, 0.1) is 5.41 Å². The summed E-state index contributed by atoms with van der Waals surface area (Å²) >= 11 is 0. The molecule has 0 spiro atoms. The number of nitrogens with zero attached hydrogens (tertiary/aromatic N) is 3. The van der Waals surface area contributed by atoms with Crippen molar-refractivity contribution < 1.29 is 9.53 Å². The number of nitrogens with two attached hydrogens (primary N) is 1. The predicted octanol–water partition coefficient (Wildman–Crippen LogP) is 3.71. The summed E-state index contributed by atoms with van der Waals surface area (Å²) in [4.78, 5) is 20.0. The normalized spacial score (nSPS) is 12.0. The quantitative estimate of drug-likeness (QED) is 0.624. The van der Waals surface area contributed by atoms with Crippen LogP contribution in [-0.4, -0.2) is 27.6 Å². The Labute approximate surface area is 153 Å². The number of aromatic nitrogens is 3. The first-order valence-electron chi connectivity index (χ1n) is 9.05. The van der Waals surface area contributed by atoms with Crippen molar-refractivity contribution in [3.05, 3.63) is 30.1 Å². The first kappa shape index (κ1) is 18.2. The molecule has 0 aliphatic rings. The van der Waals surface area contributed by atoms with Gasteiger partial charge in [-0.15, -0.1) is 0 Å². The standard InChI is InChI=1S/C20H26N4O2/c1-4-5-10-16-23-17-18(24(16)11-20(2,3)12-26-13-25)14-8-6-7-9-15(14)22-19(17)21/h6-9,13H,4-5,10-12H2,1-3H3,(H2,21,22). The lowest BCUT2D eigenvalue weighted by Gasteiger charge is -2.25. The Morgan fingerprint density at radius 3 is 2.77 bits per heavy atom. The first-order valence-corrected chi connectivity index (χ1v) is 9.05. The van der Waals surface area contributed by atoms with Gasteiger partial charge < -0.3 is 15.0 Å². The van der Waals surface area contributed by atoms with E-state index in [1.807, 2.05) is 18.2 Å². The molecular weight excluding hydrogens is 328 g/mol. The highest BCUT2D eigenvalue weighted by Gasteiger charge is 2.24. The second kappa shape index (κ2) is 7.32. The van der Waals surface area contributed by atoms with Crippen molar-refractivity contribution in [2.45, 2.75) is 46.6 Å². The highest BCUT2D eigenvalue weighted by atomic mass is 16.5. The smallest absolute Gasteiger partial charge is 0.293 e. The topological polar surface area (TPSA) is 83.0 Å². The van der Waals surface area contributed by atoms with Gasteiger partial charge in [-0.2, -0.15) is 0 Å². The van der Waals surface area contributed by atoms with Gasteiger partial charge in [0.2, 0.25) is 0 Å². The number of carbonyl (C=O) groups excluding carboxylic acids is 1. The Kier molecular flexibility index (Phi) is 5.11. The SMILES string of the molecule is CCCCc1nc2c(N)nc3ccccc3c2n1CC(C)(C)COC=O. The third-order valence-corrected chi connectivity index (χ3v) is 4.57. The van der Waals surface area contributed by atoms with Crippen molar-refractivity contribution in [2.75, 3.05) is 12.3 Å². The van der Waals surface area contributed by atoms with Gasteiger partial charge in [-0.3, -0.25) is 4.79 Å². The molecule has 2 heterocycles. The summed E-state index contributed by atoms with van der Waals surface area (Å²) in [5.41, 5.74) is 8.62. The van der Waals surface area contributed by atoms with E-state index in [2.05, 4.69) is 36.4 Å². The van der Waals surface area contributed by atoms with Crippen LogP contribution in [0.15, 0.2) is 24.3 Å². The third kappa shape index (κ3) is 3.49. The molecule has 2 aromatic heterocycles. The van der Waals surface area contributed by atoms with E-state index < -0.39 is 0 Å². The van der Waals surface area contributed by atoms with Crippen LogP contribution in [0.3, 0.4) is 0 Å². The van der Waals surface area contributed by atoms with E-state index in [0.29, 0.717) is 25.4 Å². The third-order valence-electron chi connectivity index (χ3n) is 4.57. The minimum absolute atomic E-state index is 0.228. The molecule has 0 fully saturated rings. The molecule has 3 aromatic rings. The molecule has 0 unspecified atom stereocenters. The van der Waals surface area contributed by atoms with E-state index in [1.165, 1.54) is 0 Å². The summed E-state index contributed by atoms with van der Waals surface area (Å²) in [6.45, 7) is 7.87. The predicted molar refractivity (Wildman–Crippen MR) is 104 cm³/mol. The Balaban J connectivity index is 2.20. The molecule has 1 aromatic carbocycles. The largest absolute Gasteiger partial charge is 0.467 e. The number of ether oxygens (including phenoxy) is 1. The second-order valence-corrected chi connectivity index (χ2v) is 7.50. The van der Waals surface area contributed by atoms with Crippen molar-refractivity contribution in [1.29, 1.82) is 0 Å². The second-order valence-electron chi connectivity index (χ2n) is 7.50. The van der Waals surface area contributed by atoms with Crippen LogP contribution in [0.1, 0.15) is 39.4 Å². The van der Waals surface area contributed by atoms with Crippen molar-refractivity contribution in [3.8, 4) is 0 Å². The lowest BCUT2D eigenvalue weighted by molar-refractivity contribution is -0.131. The number of rotatable bonds is 8. The van der Waals surface area contributed by atoms with Gasteiger partial charge in [0.25, 0.3) is 6.47 Å². The number of imidazole rings is 1. The molecule has 3 rings (SSSR count). The Hall–Kier alpha value is -2.63. The fourth-order valence-electron chi connectivity index (χ4n) is 3.33. The monoisotopic (exact) mass is 354 g/mol. The van der Waals surface area contributed by atoms with Gasteiger partial charge >= 0.3 is 0 Å². The van der Waals surface area contributed by atoms with Crippen molar-refractivity contribution in [2.24, 2.45) is 5.41 Å². The molecular formula is C20H26N4O2. The van der Waals surface area contributed by atoms with Crippen LogP contribution in [0.4, 0.5) is 5.82 Å². The minimum Gasteiger partial charge on any atom is -0.467 e. The number of para-hydroxylation sites is 1. The van der Waals surface area contributed by atoms with E-state index in [1.54, 1.807) is 0 Å². The molecule has 0 atom stereocenters. The Morgan fingerprint density at radius 2 is 2.04 bits per heavy atom. The maximum absolute atomic E-state index is 10.6.